The number of aromatic amines is 1. The van der Waals surface area contributed by atoms with Crippen molar-refractivity contribution in [1.82, 2.24) is 9.97 Å². The van der Waals surface area contributed by atoms with Crippen LogP contribution in [0.15, 0.2) is 6.07 Å². The Hall–Kier alpha value is -1.20. The lowest BCUT2D eigenvalue weighted by Crippen LogP contribution is -2.12. The molecule has 0 fully saturated rings. The van der Waals surface area contributed by atoms with Crippen LogP contribution in [0.1, 0.15) is 35.6 Å². The van der Waals surface area contributed by atoms with Crippen LogP contribution in [0.4, 0.5) is 0 Å². The number of hydrogen-bond acceptors (Lipinski definition) is 4. The van der Waals surface area contributed by atoms with Crippen LogP contribution in [0.2, 0.25) is 5.02 Å². The molecule has 0 saturated carbocycles. The van der Waals surface area contributed by atoms with Gasteiger partial charge in [0.1, 0.15) is 0 Å². The van der Waals surface area contributed by atoms with Gasteiger partial charge in [0.05, 0.1) is 24.2 Å². The number of halogens is 1. The fourth-order valence-electron chi connectivity index (χ4n) is 2.13. The number of nitrogens with zero attached hydrogens (tertiary/aromatic N) is 1. The molecule has 0 saturated heterocycles. The van der Waals surface area contributed by atoms with Gasteiger partial charge in [-0.15, -0.1) is 0 Å². The molecule has 2 rings (SSSR count). The topological polar surface area (TPSA) is 90.2 Å². The fraction of sp³-hybridized carbons (Fsp3) is 0.429. The molecule has 0 aliphatic carbocycles. The van der Waals surface area contributed by atoms with Crippen molar-refractivity contribution in [3.63, 3.8) is 0 Å². The molecule has 1 aromatic carbocycles. The molecule has 120 valence electrons. The summed E-state index contributed by atoms with van der Waals surface area (Å²) < 4.78 is 11.3. The zero-order chi connectivity index (χ0) is 16.3. The predicted molar refractivity (Wildman–Crippen MR) is 88.2 cm³/mol. The molecular formula is C14H19ClN3O3P. The molecule has 1 heterocycles. The van der Waals surface area contributed by atoms with Gasteiger partial charge in [-0.05, 0) is 38.0 Å². The minimum atomic E-state index is -1.07. The van der Waals surface area contributed by atoms with Crippen LogP contribution >= 0.6 is 20.0 Å². The number of rotatable bonds is 7. The summed E-state index contributed by atoms with van der Waals surface area (Å²) in [5.74, 6) is -0.483. The van der Waals surface area contributed by atoms with Crippen molar-refractivity contribution in [3.05, 3.63) is 28.0 Å². The smallest absolute Gasteiger partial charge is 0.284 e. The molecule has 0 unspecified atom stereocenters. The molecular weight excluding hydrogens is 325 g/mol. The minimum absolute atomic E-state index is 0.120. The van der Waals surface area contributed by atoms with Crippen molar-refractivity contribution >= 4 is 36.9 Å². The van der Waals surface area contributed by atoms with E-state index < -0.39 is 14.3 Å². The fourth-order valence-corrected chi connectivity index (χ4v) is 3.84. The number of fused-ring (bicyclic) bond motifs is 1. The van der Waals surface area contributed by atoms with Gasteiger partial charge in [-0.2, -0.15) is 0 Å². The minimum Gasteiger partial charge on any atom is -0.363 e. The van der Waals surface area contributed by atoms with Gasteiger partial charge in [-0.25, -0.2) is 4.98 Å². The number of hydrogen-bond donors (Lipinski definition) is 2. The number of imidazole rings is 1. The average molecular weight is 344 g/mol. The molecule has 0 aliphatic rings. The SMILES string of the molecule is CCOP(Cc1c(C)c(Cl)cc2[nH]c(C(N)=O)nc12)OCC. The number of benzene rings is 1. The van der Waals surface area contributed by atoms with Gasteiger partial charge in [0, 0.05) is 11.2 Å². The molecule has 0 atom stereocenters. The first-order valence-corrected chi connectivity index (χ1v) is 8.72. The molecule has 0 bridgehead atoms. The number of carbonyl (C=O) groups is 1. The molecule has 2 aromatic rings. The Morgan fingerprint density at radius 1 is 1.41 bits per heavy atom. The van der Waals surface area contributed by atoms with Crippen LogP contribution in [0.3, 0.4) is 0 Å². The lowest BCUT2D eigenvalue weighted by Gasteiger charge is -2.17. The highest BCUT2D eigenvalue weighted by atomic mass is 35.5. The van der Waals surface area contributed by atoms with Crippen molar-refractivity contribution in [2.24, 2.45) is 5.73 Å². The van der Waals surface area contributed by atoms with Gasteiger partial charge in [-0.1, -0.05) is 11.6 Å². The molecule has 6 nitrogen and oxygen atoms in total. The highest BCUT2D eigenvalue weighted by Crippen LogP contribution is 2.44. The number of carbonyl (C=O) groups excluding carboxylic acids is 1. The molecule has 0 aliphatic heterocycles. The first-order chi connectivity index (χ1) is 10.5. The summed E-state index contributed by atoms with van der Waals surface area (Å²) in [6.45, 7) is 6.91. The first kappa shape index (κ1) is 17.2. The van der Waals surface area contributed by atoms with E-state index in [-0.39, 0.29) is 5.82 Å². The number of nitrogens with one attached hydrogen (secondary N) is 1. The molecule has 8 heteroatoms. The number of nitrogens with two attached hydrogens (primary N) is 1. The van der Waals surface area contributed by atoms with E-state index in [9.17, 15) is 4.79 Å². The normalized spacial score (nSPS) is 11.5. The van der Waals surface area contributed by atoms with Crippen molar-refractivity contribution in [1.29, 1.82) is 0 Å². The second-order valence-corrected chi connectivity index (χ2v) is 6.54. The Bertz CT molecular complexity index is 684. The molecule has 22 heavy (non-hydrogen) atoms. The predicted octanol–water partition coefficient (Wildman–Crippen LogP) is 3.51. The monoisotopic (exact) mass is 343 g/mol. The van der Waals surface area contributed by atoms with Gasteiger partial charge >= 0.3 is 0 Å². The Morgan fingerprint density at radius 3 is 2.59 bits per heavy atom. The molecule has 0 radical (unpaired) electrons. The van der Waals surface area contributed by atoms with Gasteiger partial charge in [0.15, 0.2) is 14.2 Å². The second kappa shape index (κ2) is 7.38. The van der Waals surface area contributed by atoms with E-state index in [1.165, 1.54) is 0 Å². The Kier molecular flexibility index (Phi) is 5.75. The van der Waals surface area contributed by atoms with Gasteiger partial charge in [0.2, 0.25) is 0 Å². The Morgan fingerprint density at radius 2 is 2.05 bits per heavy atom. The van der Waals surface area contributed by atoms with E-state index in [0.717, 1.165) is 11.1 Å². The molecule has 1 amide bonds. The third-order valence-electron chi connectivity index (χ3n) is 3.17. The van der Waals surface area contributed by atoms with Crippen molar-refractivity contribution in [2.75, 3.05) is 13.2 Å². The molecule has 1 aromatic heterocycles. The van der Waals surface area contributed by atoms with Gasteiger partial charge < -0.3 is 19.8 Å². The number of amides is 1. The maximum absolute atomic E-state index is 11.3. The summed E-state index contributed by atoms with van der Waals surface area (Å²) in [6.07, 6.45) is 0.558. The third kappa shape index (κ3) is 3.58. The van der Waals surface area contributed by atoms with E-state index in [2.05, 4.69) is 9.97 Å². The summed E-state index contributed by atoms with van der Waals surface area (Å²) in [7, 11) is -1.07. The number of H-pyrrole nitrogens is 1. The number of aromatic nitrogens is 2. The van der Waals surface area contributed by atoms with E-state index >= 15 is 0 Å². The van der Waals surface area contributed by atoms with Crippen LogP contribution in [0, 0.1) is 6.92 Å². The summed E-state index contributed by atoms with van der Waals surface area (Å²) in [6, 6.07) is 1.75. The summed E-state index contributed by atoms with van der Waals surface area (Å²) in [5.41, 5.74) is 8.48. The zero-order valence-corrected chi connectivity index (χ0v) is 14.4. The molecule has 3 N–H and O–H groups in total. The summed E-state index contributed by atoms with van der Waals surface area (Å²) in [4.78, 5) is 18.5. The first-order valence-electron chi connectivity index (χ1n) is 6.98. The Labute approximate surface area is 135 Å². The van der Waals surface area contributed by atoms with E-state index in [4.69, 9.17) is 26.4 Å². The maximum Gasteiger partial charge on any atom is 0.284 e. The van der Waals surface area contributed by atoms with E-state index in [0.29, 0.717) is 35.4 Å². The van der Waals surface area contributed by atoms with Gasteiger partial charge in [-0.3, -0.25) is 4.79 Å². The van der Waals surface area contributed by atoms with Crippen molar-refractivity contribution < 1.29 is 13.8 Å². The standard InChI is InChI=1S/C14H19ClN3O3P/c1-4-20-22(21-5-2)7-9-8(3)10(15)6-11-12(9)18-14(17-11)13(16)19/h6H,4-5,7H2,1-3H3,(H2,16,19)(H,17,18). The van der Waals surface area contributed by atoms with Crippen molar-refractivity contribution in [2.45, 2.75) is 26.9 Å². The van der Waals surface area contributed by atoms with Crippen LogP contribution < -0.4 is 5.73 Å². The number of primary amides is 1. The largest absolute Gasteiger partial charge is 0.363 e. The lowest BCUT2D eigenvalue weighted by molar-refractivity contribution is 0.0991. The zero-order valence-electron chi connectivity index (χ0n) is 12.8. The molecule has 0 spiro atoms. The lowest BCUT2D eigenvalue weighted by atomic mass is 10.1. The Balaban J connectivity index is 2.49. The van der Waals surface area contributed by atoms with Crippen LogP contribution in [-0.4, -0.2) is 29.1 Å². The van der Waals surface area contributed by atoms with E-state index in [1.807, 2.05) is 20.8 Å². The third-order valence-corrected chi connectivity index (χ3v) is 5.23. The van der Waals surface area contributed by atoms with Crippen LogP contribution in [0.25, 0.3) is 11.0 Å². The van der Waals surface area contributed by atoms with Crippen LogP contribution in [0.5, 0.6) is 0 Å². The maximum atomic E-state index is 11.3. The highest BCUT2D eigenvalue weighted by molar-refractivity contribution is 7.46. The van der Waals surface area contributed by atoms with Gasteiger partial charge in [0.25, 0.3) is 5.91 Å². The average Bonchev–Trinajstić information content (AvgIpc) is 2.88. The van der Waals surface area contributed by atoms with E-state index in [1.54, 1.807) is 6.07 Å². The highest BCUT2D eigenvalue weighted by Gasteiger charge is 2.20. The second-order valence-electron chi connectivity index (χ2n) is 4.63. The van der Waals surface area contributed by atoms with Crippen molar-refractivity contribution in [3.8, 4) is 0 Å². The summed E-state index contributed by atoms with van der Waals surface area (Å²) >= 11 is 6.28. The van der Waals surface area contributed by atoms with Crippen LogP contribution in [-0.2, 0) is 15.2 Å². The quantitative estimate of drug-likeness (QED) is 0.753. The summed E-state index contributed by atoms with van der Waals surface area (Å²) in [5, 5.41) is 0.602.